The Morgan fingerprint density at radius 1 is 1.46 bits per heavy atom. The van der Waals surface area contributed by atoms with Crippen molar-refractivity contribution in [3.05, 3.63) is 24.4 Å². The Morgan fingerprint density at radius 2 is 2.27 bits per heavy atom. The van der Waals surface area contributed by atoms with Crippen LogP contribution in [0.1, 0.15) is 33.6 Å². The van der Waals surface area contributed by atoms with Crippen LogP contribution in [0.2, 0.25) is 0 Å². The van der Waals surface area contributed by atoms with Crippen molar-refractivity contribution >= 4 is 11.8 Å². The highest BCUT2D eigenvalue weighted by Crippen LogP contribution is 2.50. The van der Waals surface area contributed by atoms with Crippen molar-refractivity contribution in [2.45, 2.75) is 51.4 Å². The summed E-state index contributed by atoms with van der Waals surface area (Å²) >= 11 is 0. The van der Waals surface area contributed by atoms with Crippen molar-refractivity contribution in [1.82, 2.24) is 15.6 Å². The summed E-state index contributed by atoms with van der Waals surface area (Å²) in [5.74, 6) is 0.935. The Labute approximate surface area is 155 Å². The van der Waals surface area contributed by atoms with Gasteiger partial charge in [-0.1, -0.05) is 19.9 Å². The van der Waals surface area contributed by atoms with Crippen molar-refractivity contribution in [3.63, 3.8) is 0 Å². The largest absolute Gasteiger partial charge is 0.387 e. The summed E-state index contributed by atoms with van der Waals surface area (Å²) in [5.41, 5.74) is -1.31. The van der Waals surface area contributed by atoms with E-state index in [2.05, 4.69) is 20.5 Å². The van der Waals surface area contributed by atoms with Crippen LogP contribution in [0.15, 0.2) is 24.4 Å². The van der Waals surface area contributed by atoms with Crippen molar-refractivity contribution in [2.24, 2.45) is 5.41 Å². The minimum absolute atomic E-state index is 0.0316. The van der Waals surface area contributed by atoms with Gasteiger partial charge >= 0.3 is 6.03 Å². The van der Waals surface area contributed by atoms with Gasteiger partial charge in [0.15, 0.2) is 0 Å². The molecule has 26 heavy (non-hydrogen) atoms. The molecular formula is C19H30N4O3. The molecule has 2 amide bonds. The van der Waals surface area contributed by atoms with E-state index in [0.717, 1.165) is 25.3 Å². The van der Waals surface area contributed by atoms with Gasteiger partial charge in [0.2, 0.25) is 0 Å². The summed E-state index contributed by atoms with van der Waals surface area (Å²) in [6, 6.07) is 5.68. The first kappa shape index (κ1) is 18.9. The number of nitrogens with zero attached hydrogens (tertiary/aromatic N) is 2. The van der Waals surface area contributed by atoms with Gasteiger partial charge in [-0.05, 0) is 25.5 Å². The number of ether oxygens (including phenoxy) is 1. The van der Waals surface area contributed by atoms with Gasteiger partial charge in [0.05, 0.1) is 11.7 Å². The topological polar surface area (TPSA) is 86.7 Å². The third-order valence-corrected chi connectivity index (χ3v) is 5.93. The first-order valence-electron chi connectivity index (χ1n) is 9.40. The lowest BCUT2D eigenvalue weighted by molar-refractivity contribution is -0.237. The van der Waals surface area contributed by atoms with E-state index in [-0.39, 0.29) is 30.1 Å². The molecule has 1 aliphatic carbocycles. The molecule has 0 radical (unpaired) electrons. The second kappa shape index (κ2) is 7.40. The normalized spacial score (nSPS) is 29.9. The number of carbonyl (C=O) groups excluding carboxylic acids is 1. The molecule has 3 unspecified atom stereocenters. The highest BCUT2D eigenvalue weighted by Gasteiger charge is 2.59. The van der Waals surface area contributed by atoms with Crippen LogP contribution >= 0.6 is 0 Å². The molecule has 2 aliphatic rings. The summed E-state index contributed by atoms with van der Waals surface area (Å²) in [6.07, 6.45) is 3.24. The smallest absolute Gasteiger partial charge is 0.315 e. The van der Waals surface area contributed by atoms with Gasteiger partial charge in [0.25, 0.3) is 0 Å². The first-order chi connectivity index (χ1) is 12.4. The fraction of sp³-hybridized carbons (Fsp3) is 0.684. The number of nitrogens with one attached hydrogen (secondary N) is 2. The average Bonchev–Trinajstić information content (AvgIpc) is 3.09. The highest BCUT2D eigenvalue weighted by molar-refractivity contribution is 5.74. The number of aliphatic hydroxyl groups is 1. The maximum Gasteiger partial charge on any atom is 0.315 e. The Bertz CT molecular complexity index is 624. The Balaban J connectivity index is 1.44. The predicted molar refractivity (Wildman–Crippen MR) is 100 cm³/mol. The molecule has 3 atom stereocenters. The lowest BCUT2D eigenvalue weighted by Crippen LogP contribution is -2.69. The number of urea groups is 1. The van der Waals surface area contributed by atoms with E-state index >= 15 is 0 Å². The minimum Gasteiger partial charge on any atom is -0.387 e. The molecule has 1 saturated carbocycles. The SMILES string of the molecule is CCOC1CC(O)(CNC(=O)NC2CCN(c3ccccn3)C2)C1(C)C. The van der Waals surface area contributed by atoms with Crippen LogP contribution in [-0.4, -0.2) is 60.1 Å². The predicted octanol–water partition coefficient (Wildman–Crippen LogP) is 1.53. The number of rotatable bonds is 6. The molecule has 3 N–H and O–H groups in total. The average molecular weight is 362 g/mol. The summed E-state index contributed by atoms with van der Waals surface area (Å²) in [7, 11) is 0. The molecule has 1 aromatic heterocycles. The van der Waals surface area contributed by atoms with E-state index in [1.165, 1.54) is 0 Å². The van der Waals surface area contributed by atoms with Gasteiger partial charge in [0.1, 0.15) is 5.82 Å². The zero-order valence-electron chi connectivity index (χ0n) is 15.9. The number of carbonyl (C=O) groups is 1. The molecule has 0 spiro atoms. The van der Waals surface area contributed by atoms with Crippen molar-refractivity contribution in [1.29, 1.82) is 0 Å². The fourth-order valence-corrected chi connectivity index (χ4v) is 3.85. The maximum absolute atomic E-state index is 12.2. The van der Waals surface area contributed by atoms with Crippen molar-refractivity contribution < 1.29 is 14.6 Å². The molecule has 1 aromatic rings. The molecule has 3 rings (SSSR count). The lowest BCUT2D eigenvalue weighted by Gasteiger charge is -2.57. The van der Waals surface area contributed by atoms with E-state index in [1.807, 2.05) is 39.0 Å². The molecule has 7 heteroatoms. The molecule has 2 fully saturated rings. The minimum atomic E-state index is -0.931. The molecule has 2 heterocycles. The molecular weight excluding hydrogens is 332 g/mol. The zero-order chi connectivity index (χ0) is 18.8. The summed E-state index contributed by atoms with van der Waals surface area (Å²) in [6.45, 7) is 8.39. The Kier molecular flexibility index (Phi) is 5.39. The Hall–Kier alpha value is -1.86. The van der Waals surface area contributed by atoms with Crippen LogP contribution in [0, 0.1) is 5.41 Å². The van der Waals surface area contributed by atoms with Crippen LogP contribution in [0.3, 0.4) is 0 Å². The number of amides is 2. The summed E-state index contributed by atoms with van der Waals surface area (Å²) in [4.78, 5) is 18.8. The molecule has 0 aromatic carbocycles. The number of anilines is 1. The van der Waals surface area contributed by atoms with Crippen molar-refractivity contribution in [2.75, 3.05) is 31.1 Å². The number of hydrogen-bond donors (Lipinski definition) is 3. The van der Waals surface area contributed by atoms with E-state index in [9.17, 15) is 9.90 Å². The van der Waals surface area contributed by atoms with Crippen LogP contribution in [0.5, 0.6) is 0 Å². The van der Waals surface area contributed by atoms with E-state index in [4.69, 9.17) is 4.74 Å². The van der Waals surface area contributed by atoms with Crippen LogP contribution in [0.4, 0.5) is 10.6 Å². The van der Waals surface area contributed by atoms with Crippen LogP contribution < -0.4 is 15.5 Å². The van der Waals surface area contributed by atoms with Crippen molar-refractivity contribution in [3.8, 4) is 0 Å². The monoisotopic (exact) mass is 362 g/mol. The molecule has 1 aliphatic heterocycles. The maximum atomic E-state index is 12.2. The van der Waals surface area contributed by atoms with Crippen LogP contribution in [-0.2, 0) is 4.74 Å². The van der Waals surface area contributed by atoms with Gasteiger partial charge in [-0.25, -0.2) is 9.78 Å². The molecule has 144 valence electrons. The number of pyridine rings is 1. The van der Waals surface area contributed by atoms with E-state index < -0.39 is 5.60 Å². The molecule has 0 bridgehead atoms. The quantitative estimate of drug-likeness (QED) is 0.714. The van der Waals surface area contributed by atoms with Gasteiger partial charge in [-0.2, -0.15) is 0 Å². The standard InChI is InChI=1S/C19H30N4O3/c1-4-26-15-11-19(25,18(15,2)3)13-21-17(24)22-14-8-10-23(12-14)16-7-5-6-9-20-16/h5-7,9,14-15,25H,4,8,10-13H2,1-3H3,(H2,21,22,24). The van der Waals surface area contributed by atoms with E-state index in [0.29, 0.717) is 13.0 Å². The lowest BCUT2D eigenvalue weighted by atomic mass is 9.56. The van der Waals surface area contributed by atoms with Gasteiger partial charge in [-0.15, -0.1) is 0 Å². The zero-order valence-corrected chi connectivity index (χ0v) is 15.9. The highest BCUT2D eigenvalue weighted by atomic mass is 16.5. The second-order valence-electron chi connectivity index (χ2n) is 7.85. The van der Waals surface area contributed by atoms with Gasteiger partial charge < -0.3 is 25.4 Å². The molecule has 1 saturated heterocycles. The second-order valence-corrected chi connectivity index (χ2v) is 7.85. The fourth-order valence-electron chi connectivity index (χ4n) is 3.85. The van der Waals surface area contributed by atoms with Crippen LogP contribution in [0.25, 0.3) is 0 Å². The molecule has 7 nitrogen and oxygen atoms in total. The number of hydrogen-bond acceptors (Lipinski definition) is 5. The first-order valence-corrected chi connectivity index (χ1v) is 9.40. The van der Waals surface area contributed by atoms with E-state index in [1.54, 1.807) is 6.20 Å². The van der Waals surface area contributed by atoms with Gasteiger partial charge in [0, 0.05) is 50.3 Å². The summed E-state index contributed by atoms with van der Waals surface area (Å²) in [5, 5.41) is 16.6. The summed E-state index contributed by atoms with van der Waals surface area (Å²) < 4.78 is 5.66. The number of aromatic nitrogens is 1. The third kappa shape index (κ3) is 3.64. The Morgan fingerprint density at radius 3 is 2.92 bits per heavy atom. The van der Waals surface area contributed by atoms with Gasteiger partial charge in [-0.3, -0.25) is 0 Å². The third-order valence-electron chi connectivity index (χ3n) is 5.93.